The van der Waals surface area contributed by atoms with Gasteiger partial charge in [0.15, 0.2) is 0 Å². The van der Waals surface area contributed by atoms with Crippen molar-refractivity contribution in [3.05, 3.63) is 46.3 Å². The average molecular weight is 388 g/mol. The lowest BCUT2D eigenvalue weighted by molar-refractivity contribution is -0.0470. The summed E-state index contributed by atoms with van der Waals surface area (Å²) in [6.45, 7) is 2.78. The molecule has 8 heteroatoms. The van der Waals surface area contributed by atoms with Crippen LogP contribution in [0.2, 0.25) is 0 Å². The summed E-state index contributed by atoms with van der Waals surface area (Å²) in [5, 5.41) is 59.7. The van der Waals surface area contributed by atoms with Crippen molar-refractivity contribution in [2.75, 3.05) is 0 Å². The zero-order valence-corrected chi connectivity index (χ0v) is 15.2. The van der Waals surface area contributed by atoms with Gasteiger partial charge in [0.1, 0.15) is 40.2 Å². The Kier molecular flexibility index (Phi) is 4.70. The summed E-state index contributed by atoms with van der Waals surface area (Å²) in [5.41, 5.74) is -2.25. The predicted octanol–water partition coefficient (Wildman–Crippen LogP) is 1.96. The fraction of sp³-hybridized carbons (Fsp3) is 0.250. The lowest BCUT2D eigenvalue weighted by atomic mass is 9.93. The van der Waals surface area contributed by atoms with Gasteiger partial charge in [-0.05, 0) is 26.0 Å². The smallest absolute Gasteiger partial charge is 0.204 e. The summed E-state index contributed by atoms with van der Waals surface area (Å²) >= 11 is 0. The standard InChI is InChI=1S/C20H20O8/c1-20(2,27)16(25)6-11-14(23)7-15(24)17-18(26)12(8-28-19(11)17)10-4-3-9(21)5-13(10)22/h3-5,7-8,16,21-25,27H,6H2,1-2H3. The Balaban J connectivity index is 2.25. The van der Waals surface area contributed by atoms with Crippen LogP contribution in [0.1, 0.15) is 19.4 Å². The quantitative estimate of drug-likeness (QED) is 0.397. The fourth-order valence-electron chi connectivity index (χ4n) is 2.90. The normalized spacial score (nSPS) is 13.0. The monoisotopic (exact) mass is 388 g/mol. The van der Waals surface area contributed by atoms with Gasteiger partial charge in [-0.2, -0.15) is 0 Å². The first-order valence-electron chi connectivity index (χ1n) is 8.42. The highest BCUT2D eigenvalue weighted by Crippen LogP contribution is 2.37. The molecule has 1 aromatic heterocycles. The molecule has 28 heavy (non-hydrogen) atoms. The van der Waals surface area contributed by atoms with E-state index in [9.17, 15) is 35.4 Å². The Morgan fingerprint density at radius 2 is 1.68 bits per heavy atom. The van der Waals surface area contributed by atoms with Crippen LogP contribution in [-0.2, 0) is 6.42 Å². The van der Waals surface area contributed by atoms with Gasteiger partial charge in [0, 0.05) is 29.7 Å². The van der Waals surface area contributed by atoms with E-state index in [0.29, 0.717) is 0 Å². The van der Waals surface area contributed by atoms with Crippen molar-refractivity contribution in [3.63, 3.8) is 0 Å². The number of aliphatic hydroxyl groups excluding tert-OH is 1. The van der Waals surface area contributed by atoms with E-state index in [4.69, 9.17) is 4.42 Å². The molecule has 3 rings (SSSR count). The molecule has 3 aromatic rings. The van der Waals surface area contributed by atoms with Gasteiger partial charge < -0.3 is 35.1 Å². The van der Waals surface area contributed by atoms with Crippen LogP contribution in [0.3, 0.4) is 0 Å². The third kappa shape index (κ3) is 3.35. The lowest BCUT2D eigenvalue weighted by Gasteiger charge is -2.25. The fourth-order valence-corrected chi connectivity index (χ4v) is 2.90. The molecule has 148 valence electrons. The van der Waals surface area contributed by atoms with Crippen LogP contribution in [0.5, 0.6) is 23.0 Å². The van der Waals surface area contributed by atoms with E-state index in [-0.39, 0.29) is 45.6 Å². The second-order valence-electron chi connectivity index (χ2n) is 7.15. The highest BCUT2D eigenvalue weighted by Gasteiger charge is 2.28. The van der Waals surface area contributed by atoms with Gasteiger partial charge in [0.05, 0.1) is 17.3 Å². The Bertz CT molecular complexity index is 1110. The van der Waals surface area contributed by atoms with Crippen LogP contribution in [0.4, 0.5) is 0 Å². The summed E-state index contributed by atoms with van der Waals surface area (Å²) in [5.74, 6) is -1.50. The average Bonchev–Trinajstić information content (AvgIpc) is 2.58. The topological polar surface area (TPSA) is 152 Å². The molecule has 8 nitrogen and oxygen atoms in total. The van der Waals surface area contributed by atoms with Crippen molar-refractivity contribution in [2.24, 2.45) is 0 Å². The SMILES string of the molecule is CC(C)(O)C(O)Cc1c(O)cc(O)c2c(=O)c(-c3ccc(O)cc3O)coc12. The maximum absolute atomic E-state index is 12.9. The lowest BCUT2D eigenvalue weighted by Crippen LogP contribution is -2.37. The molecule has 1 unspecified atom stereocenters. The van der Waals surface area contributed by atoms with Crippen molar-refractivity contribution in [1.29, 1.82) is 0 Å². The molecule has 0 fully saturated rings. The van der Waals surface area contributed by atoms with Gasteiger partial charge in [-0.3, -0.25) is 4.79 Å². The zero-order chi connectivity index (χ0) is 20.8. The predicted molar refractivity (Wildman–Crippen MR) is 101 cm³/mol. The molecule has 1 heterocycles. The highest BCUT2D eigenvalue weighted by molar-refractivity contribution is 5.91. The highest BCUT2D eigenvalue weighted by atomic mass is 16.3. The van der Waals surface area contributed by atoms with E-state index in [0.717, 1.165) is 18.4 Å². The van der Waals surface area contributed by atoms with E-state index < -0.39 is 28.6 Å². The first kappa shape index (κ1) is 19.5. The van der Waals surface area contributed by atoms with E-state index >= 15 is 0 Å². The summed E-state index contributed by atoms with van der Waals surface area (Å²) in [4.78, 5) is 12.9. The third-order valence-corrected chi connectivity index (χ3v) is 4.59. The molecule has 1 atom stereocenters. The minimum absolute atomic E-state index is 0.0426. The van der Waals surface area contributed by atoms with Crippen molar-refractivity contribution in [1.82, 2.24) is 0 Å². The minimum Gasteiger partial charge on any atom is -0.508 e. The molecular formula is C20H20O8. The minimum atomic E-state index is -1.48. The van der Waals surface area contributed by atoms with Crippen molar-refractivity contribution in [2.45, 2.75) is 32.0 Å². The summed E-state index contributed by atoms with van der Waals surface area (Å²) in [6, 6.07) is 4.60. The molecule has 0 bridgehead atoms. The molecule has 0 aliphatic heterocycles. The largest absolute Gasteiger partial charge is 0.508 e. The van der Waals surface area contributed by atoms with Gasteiger partial charge in [-0.1, -0.05) is 0 Å². The molecule has 0 saturated heterocycles. The van der Waals surface area contributed by atoms with Crippen LogP contribution >= 0.6 is 0 Å². The van der Waals surface area contributed by atoms with Gasteiger partial charge in [-0.25, -0.2) is 0 Å². The first-order chi connectivity index (χ1) is 13.0. The molecule has 6 N–H and O–H groups in total. The third-order valence-electron chi connectivity index (χ3n) is 4.59. The first-order valence-corrected chi connectivity index (χ1v) is 8.42. The number of hydrogen-bond acceptors (Lipinski definition) is 8. The van der Waals surface area contributed by atoms with Crippen LogP contribution < -0.4 is 5.43 Å². The van der Waals surface area contributed by atoms with E-state index in [1.807, 2.05) is 0 Å². The van der Waals surface area contributed by atoms with Gasteiger partial charge >= 0.3 is 0 Å². The van der Waals surface area contributed by atoms with Crippen LogP contribution in [-0.4, -0.2) is 42.3 Å². The zero-order valence-electron chi connectivity index (χ0n) is 15.2. The van der Waals surface area contributed by atoms with E-state index in [2.05, 4.69) is 0 Å². The van der Waals surface area contributed by atoms with Gasteiger partial charge in [-0.15, -0.1) is 0 Å². The van der Waals surface area contributed by atoms with Crippen LogP contribution in [0.15, 0.2) is 39.7 Å². The maximum atomic E-state index is 12.9. The Labute approximate surface area is 159 Å². The van der Waals surface area contributed by atoms with Crippen molar-refractivity contribution in [3.8, 4) is 34.1 Å². The number of phenols is 4. The number of rotatable bonds is 4. The van der Waals surface area contributed by atoms with Gasteiger partial charge in [0.2, 0.25) is 5.43 Å². The number of fused-ring (bicyclic) bond motifs is 1. The Morgan fingerprint density at radius 1 is 1.00 bits per heavy atom. The van der Waals surface area contributed by atoms with E-state index in [1.165, 1.54) is 26.0 Å². The van der Waals surface area contributed by atoms with Crippen LogP contribution in [0.25, 0.3) is 22.1 Å². The van der Waals surface area contributed by atoms with Crippen LogP contribution in [0, 0.1) is 0 Å². The molecule has 0 amide bonds. The number of hydrogen-bond donors (Lipinski definition) is 6. The second-order valence-corrected chi connectivity index (χ2v) is 7.15. The Hall–Kier alpha value is -3.23. The molecule has 0 spiro atoms. The molecule has 2 aromatic carbocycles. The second kappa shape index (κ2) is 6.74. The molecular weight excluding hydrogens is 368 g/mol. The van der Waals surface area contributed by atoms with E-state index in [1.54, 1.807) is 0 Å². The number of aliphatic hydroxyl groups is 2. The summed E-state index contributed by atoms with van der Waals surface area (Å²) in [7, 11) is 0. The molecule has 0 aliphatic carbocycles. The number of aromatic hydroxyl groups is 4. The van der Waals surface area contributed by atoms with Crippen molar-refractivity contribution >= 4 is 11.0 Å². The van der Waals surface area contributed by atoms with Gasteiger partial charge in [0.25, 0.3) is 0 Å². The van der Waals surface area contributed by atoms with Crippen molar-refractivity contribution < 1.29 is 35.1 Å². The molecule has 0 radical (unpaired) electrons. The Morgan fingerprint density at radius 3 is 2.29 bits per heavy atom. The summed E-state index contributed by atoms with van der Waals surface area (Å²) in [6.07, 6.45) is -0.466. The summed E-state index contributed by atoms with van der Waals surface area (Å²) < 4.78 is 5.48. The maximum Gasteiger partial charge on any atom is 0.204 e. The number of phenolic OH excluding ortho intramolecular Hbond substituents is 4. The molecule has 0 saturated carbocycles. The molecule has 0 aliphatic rings. The number of benzene rings is 2.